The number of pyridine rings is 1. The Morgan fingerprint density at radius 3 is 2.89 bits per heavy atom. The van der Waals surface area contributed by atoms with Gasteiger partial charge >= 0.3 is 5.97 Å². The first-order valence-electron chi connectivity index (χ1n) is 5.96. The molecule has 0 bridgehead atoms. The number of hydrogen-bond donors (Lipinski definition) is 1. The third-order valence-electron chi connectivity index (χ3n) is 2.40. The van der Waals surface area contributed by atoms with Crippen LogP contribution in [0.3, 0.4) is 0 Å². The van der Waals surface area contributed by atoms with E-state index in [2.05, 4.69) is 10.3 Å². The molecule has 0 atom stereocenters. The van der Waals surface area contributed by atoms with Crippen molar-refractivity contribution in [1.82, 2.24) is 10.3 Å². The van der Waals surface area contributed by atoms with E-state index in [0.717, 1.165) is 11.3 Å². The molecule has 0 saturated heterocycles. The minimum Gasteiger partial charge on any atom is -0.466 e. The SMILES string of the molecule is CCOC(=O)CCNC(=O)Cc1ncccc1C. The summed E-state index contributed by atoms with van der Waals surface area (Å²) in [6.45, 7) is 4.32. The molecule has 5 heteroatoms. The summed E-state index contributed by atoms with van der Waals surface area (Å²) in [6, 6.07) is 3.74. The van der Waals surface area contributed by atoms with Crippen LogP contribution in [0, 0.1) is 6.92 Å². The molecule has 98 valence electrons. The van der Waals surface area contributed by atoms with E-state index in [-0.39, 0.29) is 24.7 Å². The number of hydrogen-bond acceptors (Lipinski definition) is 4. The Labute approximate surface area is 107 Å². The van der Waals surface area contributed by atoms with Crippen LogP contribution in [0.2, 0.25) is 0 Å². The second-order valence-electron chi connectivity index (χ2n) is 3.85. The molecule has 1 aromatic heterocycles. The smallest absolute Gasteiger partial charge is 0.307 e. The Hall–Kier alpha value is -1.91. The fourth-order valence-electron chi connectivity index (χ4n) is 1.46. The summed E-state index contributed by atoms with van der Waals surface area (Å²) >= 11 is 0. The van der Waals surface area contributed by atoms with Gasteiger partial charge in [-0.1, -0.05) is 6.07 Å². The fourth-order valence-corrected chi connectivity index (χ4v) is 1.46. The summed E-state index contributed by atoms with van der Waals surface area (Å²) in [5.41, 5.74) is 1.74. The molecule has 1 heterocycles. The molecule has 1 amide bonds. The van der Waals surface area contributed by atoms with Crippen molar-refractivity contribution in [2.75, 3.05) is 13.2 Å². The molecule has 1 N–H and O–H groups in total. The van der Waals surface area contributed by atoms with Crippen LogP contribution < -0.4 is 5.32 Å². The monoisotopic (exact) mass is 250 g/mol. The lowest BCUT2D eigenvalue weighted by atomic mass is 10.1. The number of amides is 1. The van der Waals surface area contributed by atoms with Gasteiger partial charge in [0.2, 0.25) is 5.91 Å². The lowest BCUT2D eigenvalue weighted by molar-refractivity contribution is -0.143. The molecule has 0 aliphatic heterocycles. The lowest BCUT2D eigenvalue weighted by Crippen LogP contribution is -2.28. The van der Waals surface area contributed by atoms with Gasteiger partial charge in [-0.05, 0) is 25.5 Å². The molecular weight excluding hydrogens is 232 g/mol. The number of carbonyl (C=O) groups is 2. The second kappa shape index (κ2) is 7.42. The van der Waals surface area contributed by atoms with Crippen LogP contribution in [0.5, 0.6) is 0 Å². The topological polar surface area (TPSA) is 68.3 Å². The third-order valence-corrected chi connectivity index (χ3v) is 2.40. The number of carbonyl (C=O) groups excluding carboxylic acids is 2. The van der Waals surface area contributed by atoms with Crippen molar-refractivity contribution in [3.63, 3.8) is 0 Å². The molecule has 0 spiro atoms. The predicted molar refractivity (Wildman–Crippen MR) is 66.9 cm³/mol. The Bertz CT molecular complexity index is 418. The number of nitrogens with one attached hydrogen (secondary N) is 1. The van der Waals surface area contributed by atoms with Crippen molar-refractivity contribution in [2.24, 2.45) is 0 Å². The van der Waals surface area contributed by atoms with Gasteiger partial charge in [0.05, 0.1) is 25.1 Å². The van der Waals surface area contributed by atoms with Crippen LogP contribution in [0.15, 0.2) is 18.3 Å². The molecule has 0 aliphatic carbocycles. The fraction of sp³-hybridized carbons (Fsp3) is 0.462. The number of aromatic nitrogens is 1. The van der Waals surface area contributed by atoms with E-state index in [1.807, 2.05) is 19.1 Å². The second-order valence-corrected chi connectivity index (χ2v) is 3.85. The van der Waals surface area contributed by atoms with E-state index < -0.39 is 0 Å². The van der Waals surface area contributed by atoms with Gasteiger partial charge in [0.15, 0.2) is 0 Å². The van der Waals surface area contributed by atoms with Crippen molar-refractivity contribution in [1.29, 1.82) is 0 Å². The number of aryl methyl sites for hydroxylation is 1. The average molecular weight is 250 g/mol. The first-order chi connectivity index (χ1) is 8.63. The van der Waals surface area contributed by atoms with Gasteiger partial charge < -0.3 is 10.1 Å². The highest BCUT2D eigenvalue weighted by Crippen LogP contribution is 2.03. The highest BCUT2D eigenvalue weighted by Gasteiger charge is 2.07. The maximum atomic E-state index is 11.6. The van der Waals surface area contributed by atoms with E-state index >= 15 is 0 Å². The van der Waals surface area contributed by atoms with Crippen LogP contribution in [0.25, 0.3) is 0 Å². The zero-order valence-electron chi connectivity index (χ0n) is 10.7. The normalized spacial score (nSPS) is 9.89. The minimum atomic E-state index is -0.299. The molecule has 0 radical (unpaired) electrons. The van der Waals surface area contributed by atoms with Crippen molar-refractivity contribution in [2.45, 2.75) is 26.7 Å². The molecule has 0 aromatic carbocycles. The van der Waals surface area contributed by atoms with Crippen LogP contribution in [0.1, 0.15) is 24.6 Å². The van der Waals surface area contributed by atoms with Crippen molar-refractivity contribution in [3.05, 3.63) is 29.6 Å². The van der Waals surface area contributed by atoms with E-state index in [9.17, 15) is 9.59 Å². The summed E-state index contributed by atoms with van der Waals surface area (Å²) in [4.78, 5) is 26.8. The van der Waals surface area contributed by atoms with Gasteiger partial charge in [0.25, 0.3) is 0 Å². The van der Waals surface area contributed by atoms with Gasteiger partial charge in [-0.15, -0.1) is 0 Å². The average Bonchev–Trinajstić information content (AvgIpc) is 2.32. The summed E-state index contributed by atoms with van der Waals surface area (Å²) in [7, 11) is 0. The van der Waals surface area contributed by atoms with Gasteiger partial charge in [-0.3, -0.25) is 14.6 Å². The Morgan fingerprint density at radius 1 is 1.44 bits per heavy atom. The molecule has 1 aromatic rings. The van der Waals surface area contributed by atoms with Gasteiger partial charge in [-0.25, -0.2) is 0 Å². The Morgan fingerprint density at radius 2 is 2.22 bits per heavy atom. The number of rotatable bonds is 6. The highest BCUT2D eigenvalue weighted by atomic mass is 16.5. The number of nitrogens with zero attached hydrogens (tertiary/aromatic N) is 1. The zero-order chi connectivity index (χ0) is 13.4. The van der Waals surface area contributed by atoms with Gasteiger partial charge in [0.1, 0.15) is 0 Å². The van der Waals surface area contributed by atoms with Crippen molar-refractivity contribution < 1.29 is 14.3 Å². The first-order valence-corrected chi connectivity index (χ1v) is 5.96. The van der Waals surface area contributed by atoms with Gasteiger partial charge in [0, 0.05) is 12.7 Å². The quantitative estimate of drug-likeness (QED) is 0.765. The van der Waals surface area contributed by atoms with E-state index in [1.54, 1.807) is 13.1 Å². The minimum absolute atomic E-state index is 0.138. The zero-order valence-corrected chi connectivity index (χ0v) is 10.7. The molecule has 0 fully saturated rings. The Balaban J connectivity index is 2.30. The molecule has 1 rings (SSSR count). The van der Waals surface area contributed by atoms with Crippen molar-refractivity contribution in [3.8, 4) is 0 Å². The van der Waals surface area contributed by atoms with E-state index in [1.165, 1.54) is 0 Å². The molecule has 0 aliphatic rings. The maximum absolute atomic E-state index is 11.6. The lowest BCUT2D eigenvalue weighted by Gasteiger charge is -2.06. The van der Waals surface area contributed by atoms with Crippen LogP contribution in [-0.2, 0) is 20.7 Å². The summed E-state index contributed by atoms with van der Waals surface area (Å²) < 4.78 is 4.76. The van der Waals surface area contributed by atoms with Crippen LogP contribution in [0.4, 0.5) is 0 Å². The molecule has 18 heavy (non-hydrogen) atoms. The molecule has 0 unspecified atom stereocenters. The Kier molecular flexibility index (Phi) is 5.84. The third kappa shape index (κ3) is 4.95. The first kappa shape index (κ1) is 14.2. The van der Waals surface area contributed by atoms with Crippen molar-refractivity contribution >= 4 is 11.9 Å². The standard InChI is InChI=1S/C13H18N2O3/c1-3-18-13(17)6-8-15-12(16)9-11-10(2)5-4-7-14-11/h4-5,7H,3,6,8-9H2,1-2H3,(H,15,16). The van der Waals surface area contributed by atoms with Gasteiger partial charge in [-0.2, -0.15) is 0 Å². The maximum Gasteiger partial charge on any atom is 0.307 e. The van der Waals surface area contributed by atoms with Crippen LogP contribution >= 0.6 is 0 Å². The molecule has 0 saturated carbocycles. The van der Waals surface area contributed by atoms with E-state index in [4.69, 9.17) is 4.74 Å². The highest BCUT2D eigenvalue weighted by molar-refractivity contribution is 5.79. The summed E-state index contributed by atoms with van der Waals surface area (Å²) in [6.07, 6.45) is 2.09. The summed E-state index contributed by atoms with van der Waals surface area (Å²) in [5.74, 6) is -0.437. The largest absolute Gasteiger partial charge is 0.466 e. The molecular formula is C13H18N2O3. The summed E-state index contributed by atoms with van der Waals surface area (Å²) in [5, 5.41) is 2.67. The molecule has 5 nitrogen and oxygen atoms in total. The predicted octanol–water partition coefficient (Wildman–Crippen LogP) is 1.00. The van der Waals surface area contributed by atoms with Crippen LogP contribution in [-0.4, -0.2) is 30.0 Å². The van der Waals surface area contributed by atoms with E-state index in [0.29, 0.717) is 13.2 Å². The number of ether oxygens (including phenoxy) is 1. The number of esters is 1.